The van der Waals surface area contributed by atoms with E-state index in [2.05, 4.69) is 19.2 Å². The highest BCUT2D eigenvalue weighted by Crippen LogP contribution is 2.11. The molecule has 0 saturated carbocycles. The van der Waals surface area contributed by atoms with Gasteiger partial charge in [-0.25, -0.2) is 0 Å². The highest BCUT2D eigenvalue weighted by atomic mass is 16.3. The monoisotopic (exact) mass is 203 g/mol. The number of hydrogen-bond donors (Lipinski definition) is 3. The third-order valence-corrected chi connectivity index (χ3v) is 2.52. The Morgan fingerprint density at radius 1 is 1.21 bits per heavy atom. The van der Waals surface area contributed by atoms with Gasteiger partial charge in [0.1, 0.15) is 0 Å². The van der Waals surface area contributed by atoms with Crippen molar-refractivity contribution in [2.45, 2.75) is 58.7 Å². The van der Waals surface area contributed by atoms with E-state index in [9.17, 15) is 5.11 Å². The zero-order valence-electron chi connectivity index (χ0n) is 10.0. The van der Waals surface area contributed by atoms with E-state index in [1.165, 1.54) is 0 Å². The van der Waals surface area contributed by atoms with Crippen LogP contribution in [0.15, 0.2) is 0 Å². The van der Waals surface area contributed by atoms with Crippen molar-refractivity contribution < 1.29 is 10.2 Å². The molecule has 3 heteroatoms. The lowest BCUT2D eigenvalue weighted by Gasteiger charge is -2.31. The fourth-order valence-electron chi connectivity index (χ4n) is 1.32. The van der Waals surface area contributed by atoms with Crippen LogP contribution in [0.5, 0.6) is 0 Å². The van der Waals surface area contributed by atoms with Crippen molar-refractivity contribution in [3.63, 3.8) is 0 Å². The maximum absolute atomic E-state index is 9.72. The molecule has 0 fully saturated rings. The maximum atomic E-state index is 9.72. The van der Waals surface area contributed by atoms with Gasteiger partial charge >= 0.3 is 0 Å². The van der Waals surface area contributed by atoms with Gasteiger partial charge in [-0.1, -0.05) is 13.8 Å². The van der Waals surface area contributed by atoms with Gasteiger partial charge in [0.25, 0.3) is 0 Å². The van der Waals surface area contributed by atoms with Crippen LogP contribution in [0.1, 0.15) is 41.0 Å². The Labute approximate surface area is 87.5 Å². The molecule has 0 aromatic heterocycles. The summed E-state index contributed by atoms with van der Waals surface area (Å²) in [7, 11) is 0. The van der Waals surface area contributed by atoms with E-state index in [4.69, 9.17) is 5.11 Å². The lowest BCUT2D eigenvalue weighted by molar-refractivity contribution is 0.0346. The van der Waals surface area contributed by atoms with E-state index < -0.39 is 5.60 Å². The summed E-state index contributed by atoms with van der Waals surface area (Å²) in [6, 6.07) is 0.0647. The van der Waals surface area contributed by atoms with E-state index in [0.717, 1.165) is 6.42 Å². The molecular formula is C11H25NO2. The van der Waals surface area contributed by atoms with Crippen molar-refractivity contribution in [3.05, 3.63) is 0 Å². The molecule has 86 valence electrons. The Kier molecular flexibility index (Phi) is 5.64. The summed E-state index contributed by atoms with van der Waals surface area (Å²) in [5.41, 5.74) is -0.746. The Balaban J connectivity index is 4.05. The molecule has 14 heavy (non-hydrogen) atoms. The van der Waals surface area contributed by atoms with Crippen LogP contribution in [0.3, 0.4) is 0 Å². The minimum Gasteiger partial charge on any atom is -0.395 e. The lowest BCUT2D eigenvalue weighted by atomic mass is 9.97. The van der Waals surface area contributed by atoms with Crippen LogP contribution in [-0.4, -0.2) is 34.5 Å². The summed E-state index contributed by atoms with van der Waals surface area (Å²) in [4.78, 5) is 0. The zero-order valence-corrected chi connectivity index (χ0v) is 10.0. The van der Waals surface area contributed by atoms with Gasteiger partial charge < -0.3 is 15.5 Å². The van der Waals surface area contributed by atoms with Crippen LogP contribution in [0, 0.1) is 5.92 Å². The van der Waals surface area contributed by atoms with Gasteiger partial charge in [0, 0.05) is 12.1 Å². The second kappa shape index (κ2) is 5.69. The second-order valence-corrected chi connectivity index (χ2v) is 5.05. The first-order chi connectivity index (χ1) is 6.27. The molecule has 0 aromatic carbocycles. The van der Waals surface area contributed by atoms with Gasteiger partial charge in [-0.2, -0.15) is 0 Å². The Hall–Kier alpha value is -0.120. The lowest BCUT2D eigenvalue weighted by Crippen LogP contribution is -2.50. The molecule has 3 nitrogen and oxygen atoms in total. The van der Waals surface area contributed by atoms with Crippen molar-refractivity contribution in [3.8, 4) is 0 Å². The van der Waals surface area contributed by atoms with Crippen LogP contribution in [0.25, 0.3) is 0 Å². The molecule has 0 amide bonds. The topological polar surface area (TPSA) is 52.5 Å². The number of hydrogen-bond acceptors (Lipinski definition) is 3. The molecule has 0 aliphatic rings. The van der Waals surface area contributed by atoms with Gasteiger partial charge in [-0.15, -0.1) is 0 Å². The molecule has 0 saturated heterocycles. The van der Waals surface area contributed by atoms with Crippen LogP contribution in [0.2, 0.25) is 0 Å². The van der Waals surface area contributed by atoms with E-state index in [1.54, 1.807) is 13.8 Å². The van der Waals surface area contributed by atoms with Gasteiger partial charge in [-0.3, -0.25) is 0 Å². The largest absolute Gasteiger partial charge is 0.395 e. The molecular weight excluding hydrogens is 178 g/mol. The first-order valence-electron chi connectivity index (χ1n) is 5.36. The Bertz CT molecular complexity index is 152. The molecule has 0 spiro atoms. The number of aliphatic hydroxyl groups is 2. The molecule has 0 aromatic rings. The SMILES string of the molecule is CC(C)CC(CO)NC(C)C(C)(C)O. The zero-order chi connectivity index (χ0) is 11.4. The summed E-state index contributed by atoms with van der Waals surface area (Å²) >= 11 is 0. The van der Waals surface area contributed by atoms with Crippen molar-refractivity contribution in [2.75, 3.05) is 6.61 Å². The van der Waals surface area contributed by atoms with Crippen molar-refractivity contribution in [2.24, 2.45) is 5.92 Å². The van der Waals surface area contributed by atoms with Gasteiger partial charge in [0.05, 0.1) is 12.2 Å². The molecule has 0 rings (SSSR count). The fraction of sp³-hybridized carbons (Fsp3) is 1.00. The number of nitrogens with one attached hydrogen (secondary N) is 1. The minimum atomic E-state index is -0.746. The van der Waals surface area contributed by atoms with E-state index in [0.29, 0.717) is 5.92 Å². The van der Waals surface area contributed by atoms with Gasteiger partial charge in [-0.05, 0) is 33.1 Å². The van der Waals surface area contributed by atoms with Crippen LogP contribution in [-0.2, 0) is 0 Å². The van der Waals surface area contributed by atoms with E-state index >= 15 is 0 Å². The summed E-state index contributed by atoms with van der Waals surface area (Å²) < 4.78 is 0. The van der Waals surface area contributed by atoms with Crippen LogP contribution < -0.4 is 5.32 Å². The van der Waals surface area contributed by atoms with Crippen LogP contribution in [0.4, 0.5) is 0 Å². The molecule has 0 bridgehead atoms. The molecule has 0 radical (unpaired) electrons. The van der Waals surface area contributed by atoms with Gasteiger partial charge in [0.2, 0.25) is 0 Å². The van der Waals surface area contributed by atoms with Crippen molar-refractivity contribution in [1.82, 2.24) is 5.32 Å². The molecule has 0 aliphatic heterocycles. The maximum Gasteiger partial charge on any atom is 0.0741 e. The first kappa shape index (κ1) is 13.9. The van der Waals surface area contributed by atoms with Crippen LogP contribution >= 0.6 is 0 Å². The second-order valence-electron chi connectivity index (χ2n) is 5.05. The average molecular weight is 203 g/mol. The Morgan fingerprint density at radius 3 is 2.00 bits per heavy atom. The summed E-state index contributed by atoms with van der Waals surface area (Å²) in [5.74, 6) is 0.550. The predicted molar refractivity (Wildman–Crippen MR) is 59.2 cm³/mol. The third kappa shape index (κ3) is 5.58. The summed E-state index contributed by atoms with van der Waals surface area (Å²) in [5, 5.41) is 22.1. The molecule has 3 N–H and O–H groups in total. The number of aliphatic hydroxyl groups excluding tert-OH is 1. The normalized spacial score (nSPS) is 17.1. The van der Waals surface area contributed by atoms with E-state index in [1.807, 2.05) is 6.92 Å². The number of rotatable bonds is 6. The van der Waals surface area contributed by atoms with Gasteiger partial charge in [0.15, 0.2) is 0 Å². The highest BCUT2D eigenvalue weighted by Gasteiger charge is 2.24. The Morgan fingerprint density at radius 2 is 1.71 bits per heavy atom. The smallest absolute Gasteiger partial charge is 0.0741 e. The predicted octanol–water partition coefficient (Wildman–Crippen LogP) is 1.14. The summed E-state index contributed by atoms with van der Waals surface area (Å²) in [6.45, 7) is 9.85. The first-order valence-corrected chi connectivity index (χ1v) is 5.36. The average Bonchev–Trinajstić information content (AvgIpc) is 2.00. The standard InChI is InChI=1S/C11H25NO2/c1-8(2)6-10(7-13)12-9(3)11(4,5)14/h8-10,12-14H,6-7H2,1-5H3. The molecule has 0 aliphatic carbocycles. The van der Waals surface area contributed by atoms with E-state index in [-0.39, 0.29) is 18.7 Å². The summed E-state index contributed by atoms with van der Waals surface area (Å²) in [6.07, 6.45) is 0.928. The third-order valence-electron chi connectivity index (χ3n) is 2.52. The van der Waals surface area contributed by atoms with Crippen molar-refractivity contribution in [1.29, 1.82) is 0 Å². The molecule has 0 heterocycles. The molecule has 2 atom stereocenters. The molecule has 2 unspecified atom stereocenters. The van der Waals surface area contributed by atoms with Crippen molar-refractivity contribution >= 4 is 0 Å². The highest BCUT2D eigenvalue weighted by molar-refractivity contribution is 4.83. The minimum absolute atomic E-state index is 0.0154. The quantitative estimate of drug-likeness (QED) is 0.607. The fourth-order valence-corrected chi connectivity index (χ4v) is 1.32.